The zero-order valence-electron chi connectivity index (χ0n) is 30.3. The maximum absolute atomic E-state index is 14.4. The smallest absolute Gasteiger partial charge is 0.247 e. The Morgan fingerprint density at radius 3 is 1.42 bits per heavy atom. The first kappa shape index (κ1) is 37.4. The van der Waals surface area contributed by atoms with Gasteiger partial charge in [0.1, 0.15) is 0 Å². The first-order chi connectivity index (χ1) is 22.2. The molecule has 3 aliphatic rings. The van der Waals surface area contributed by atoms with Gasteiger partial charge in [0.15, 0.2) is 0 Å². The molecular weight excluding hydrogens is 612 g/mol. The van der Waals surface area contributed by atoms with Gasteiger partial charge in [-0.1, -0.05) is 62.3 Å². The minimum Gasteiger partial charge on any atom is -0.247 e. The number of hydrogen-bond donors (Lipinski definition) is 0. The van der Waals surface area contributed by atoms with Gasteiger partial charge in [-0.25, -0.2) is 57.4 Å². The third kappa shape index (κ3) is 8.22. The van der Waals surface area contributed by atoms with Gasteiger partial charge in [-0.15, -0.1) is 0 Å². The van der Waals surface area contributed by atoms with Gasteiger partial charge >= 0.3 is 17.1 Å². The molecule has 12 heteroatoms. The maximum atomic E-state index is 14.4. The molecular formula is C36H54N6O6. The number of isocyanates is 3. The highest BCUT2D eigenvalue weighted by atomic mass is 16.2. The first-order valence-electron chi connectivity index (χ1n) is 17.3. The summed E-state index contributed by atoms with van der Waals surface area (Å²) in [5, 5.41) is 0. The monoisotopic (exact) mass is 666 g/mol. The highest BCUT2D eigenvalue weighted by molar-refractivity contribution is 5.34. The Bertz CT molecular complexity index is 1620. The van der Waals surface area contributed by atoms with E-state index < -0.39 is 27.9 Å². The minimum atomic E-state index is -0.665. The van der Waals surface area contributed by atoms with Crippen molar-refractivity contribution >= 4 is 18.2 Å². The van der Waals surface area contributed by atoms with Crippen LogP contribution >= 0.6 is 0 Å². The Morgan fingerprint density at radius 2 is 1.00 bits per heavy atom. The molecule has 3 aliphatic carbocycles. The van der Waals surface area contributed by atoms with Crippen molar-refractivity contribution in [3.63, 3.8) is 0 Å². The molecule has 1 heterocycles. The number of rotatable bonds is 9. The Balaban J connectivity index is 1.87. The van der Waals surface area contributed by atoms with E-state index in [4.69, 9.17) is 0 Å². The standard InChI is InChI=1S/C36H54N6O6/c1-24-25(10-26(37-21-43)13-34(24,6)7)16-40-29(46)41(19-35(8)14-27(38-22-44)11-32(2,3)17-35)31(48)42(30(40)47)20-36(9)15-28(39-23-45)12-33(4,5)18-36/h24-28H,10-20H2,1-9H3. The summed E-state index contributed by atoms with van der Waals surface area (Å²) in [7, 11) is 0. The van der Waals surface area contributed by atoms with E-state index in [0.29, 0.717) is 51.4 Å². The number of aromatic nitrogens is 3. The van der Waals surface area contributed by atoms with Gasteiger partial charge in [-0.05, 0) is 90.3 Å². The van der Waals surface area contributed by atoms with Crippen LogP contribution in [0, 0.1) is 38.9 Å². The van der Waals surface area contributed by atoms with Crippen molar-refractivity contribution in [3.8, 4) is 0 Å². The Kier molecular flexibility index (Phi) is 10.5. The van der Waals surface area contributed by atoms with E-state index in [0.717, 1.165) is 0 Å². The fourth-order valence-corrected chi connectivity index (χ4v) is 10.3. The van der Waals surface area contributed by atoms with E-state index >= 15 is 0 Å². The molecule has 48 heavy (non-hydrogen) atoms. The molecule has 1 aromatic heterocycles. The zero-order chi connectivity index (χ0) is 35.9. The van der Waals surface area contributed by atoms with Crippen molar-refractivity contribution in [3.05, 3.63) is 31.5 Å². The molecule has 12 nitrogen and oxygen atoms in total. The van der Waals surface area contributed by atoms with Gasteiger partial charge in [0.05, 0.1) is 18.1 Å². The van der Waals surface area contributed by atoms with Crippen molar-refractivity contribution in [2.24, 2.45) is 53.9 Å². The molecule has 0 N–H and O–H groups in total. The molecule has 3 fully saturated rings. The molecule has 0 aromatic carbocycles. The van der Waals surface area contributed by atoms with E-state index in [9.17, 15) is 28.8 Å². The second kappa shape index (κ2) is 13.5. The van der Waals surface area contributed by atoms with Gasteiger partial charge in [-0.2, -0.15) is 0 Å². The van der Waals surface area contributed by atoms with E-state index in [2.05, 4.69) is 63.4 Å². The topological polar surface area (TPSA) is 154 Å². The van der Waals surface area contributed by atoms with Crippen molar-refractivity contribution in [2.45, 2.75) is 151 Å². The predicted molar refractivity (Wildman–Crippen MR) is 182 cm³/mol. The van der Waals surface area contributed by atoms with Crippen molar-refractivity contribution in [1.29, 1.82) is 0 Å². The number of nitrogens with zero attached hydrogens (tertiary/aromatic N) is 6. The lowest BCUT2D eigenvalue weighted by atomic mass is 9.62. The van der Waals surface area contributed by atoms with Crippen LogP contribution < -0.4 is 17.1 Å². The average molecular weight is 667 g/mol. The molecule has 7 atom stereocenters. The van der Waals surface area contributed by atoms with Gasteiger partial charge in [0.2, 0.25) is 18.2 Å². The SMILES string of the molecule is CC1C(Cn2c(=O)n(CC3(C)CC(N=C=O)CC(C)(C)C3)c(=O)n(CC3(C)CC(N=C=O)CC(C)(C)C3)c2=O)CC(N=C=O)CC1(C)C. The van der Waals surface area contributed by atoms with Crippen molar-refractivity contribution in [1.82, 2.24) is 13.7 Å². The minimum absolute atomic E-state index is 0.0588. The van der Waals surface area contributed by atoms with Crippen LogP contribution in [0.5, 0.6) is 0 Å². The van der Waals surface area contributed by atoms with E-state index in [1.807, 2.05) is 13.8 Å². The van der Waals surface area contributed by atoms with Crippen LogP contribution in [0.25, 0.3) is 0 Å². The second-order valence-electron chi connectivity index (χ2n) is 18.4. The summed E-state index contributed by atoms with van der Waals surface area (Å²) in [4.78, 5) is 89.1. The van der Waals surface area contributed by atoms with Gasteiger partial charge < -0.3 is 0 Å². The predicted octanol–water partition coefficient (Wildman–Crippen LogP) is 4.79. The van der Waals surface area contributed by atoms with Gasteiger partial charge in [0, 0.05) is 19.6 Å². The fraction of sp³-hybridized carbons (Fsp3) is 0.833. The largest absolute Gasteiger partial charge is 0.336 e. The number of carbonyl (C=O) groups excluding carboxylic acids is 3. The molecule has 0 spiro atoms. The van der Waals surface area contributed by atoms with Crippen molar-refractivity contribution < 1.29 is 14.4 Å². The molecule has 4 rings (SSSR count). The Labute approximate surface area is 282 Å². The van der Waals surface area contributed by atoms with Crippen LogP contribution in [0.3, 0.4) is 0 Å². The summed E-state index contributed by atoms with van der Waals surface area (Å²) in [6.45, 7) is 18.9. The molecule has 0 amide bonds. The lowest BCUT2D eigenvalue weighted by Gasteiger charge is -2.46. The Morgan fingerprint density at radius 1 is 0.604 bits per heavy atom. The molecule has 0 aliphatic heterocycles. The van der Waals surface area contributed by atoms with Crippen LogP contribution in [0.1, 0.15) is 114 Å². The van der Waals surface area contributed by atoms with Crippen LogP contribution in [-0.4, -0.2) is 50.1 Å². The summed E-state index contributed by atoms with van der Waals surface area (Å²) in [6.07, 6.45) is 10.0. The molecule has 3 saturated carbocycles. The third-order valence-corrected chi connectivity index (χ3v) is 11.7. The van der Waals surface area contributed by atoms with Crippen LogP contribution in [-0.2, 0) is 34.0 Å². The van der Waals surface area contributed by atoms with Gasteiger partial charge in [0.25, 0.3) is 0 Å². The molecule has 0 bridgehead atoms. The highest BCUT2D eigenvalue weighted by Gasteiger charge is 2.45. The fourth-order valence-electron chi connectivity index (χ4n) is 10.3. The van der Waals surface area contributed by atoms with E-state index in [1.54, 1.807) is 18.2 Å². The molecule has 264 valence electrons. The normalized spacial score (nSPS) is 33.8. The summed E-state index contributed by atoms with van der Waals surface area (Å²) >= 11 is 0. The summed E-state index contributed by atoms with van der Waals surface area (Å²) in [6, 6.07) is -0.862. The quantitative estimate of drug-likeness (QED) is 0.273. The van der Waals surface area contributed by atoms with Crippen LogP contribution in [0.2, 0.25) is 0 Å². The first-order valence-corrected chi connectivity index (χ1v) is 17.3. The van der Waals surface area contributed by atoms with E-state index in [-0.39, 0.29) is 65.8 Å². The van der Waals surface area contributed by atoms with Crippen molar-refractivity contribution in [2.75, 3.05) is 0 Å². The van der Waals surface area contributed by atoms with Gasteiger partial charge in [-0.3, -0.25) is 0 Å². The maximum Gasteiger partial charge on any atom is 0.336 e. The third-order valence-electron chi connectivity index (χ3n) is 11.7. The Hall–Kier alpha value is -3.45. The lowest BCUT2D eigenvalue weighted by molar-refractivity contribution is 0.0528. The number of hydrogen-bond acceptors (Lipinski definition) is 9. The number of aliphatic imine (C=N–C) groups is 3. The highest BCUT2D eigenvalue weighted by Crippen LogP contribution is 2.49. The summed E-state index contributed by atoms with van der Waals surface area (Å²) in [5.74, 6) is -0.0698. The molecule has 0 radical (unpaired) electrons. The van der Waals surface area contributed by atoms with Crippen LogP contribution in [0.4, 0.5) is 0 Å². The zero-order valence-corrected chi connectivity index (χ0v) is 30.3. The van der Waals surface area contributed by atoms with Crippen LogP contribution in [0.15, 0.2) is 29.4 Å². The molecule has 1 aromatic rings. The molecule has 7 unspecified atom stereocenters. The second-order valence-corrected chi connectivity index (χ2v) is 18.4. The molecule has 0 saturated heterocycles. The van der Waals surface area contributed by atoms with E-state index in [1.165, 1.54) is 13.7 Å². The summed E-state index contributed by atoms with van der Waals surface area (Å²) in [5.41, 5.74) is -3.75. The lowest BCUT2D eigenvalue weighted by Crippen LogP contribution is -2.59. The summed E-state index contributed by atoms with van der Waals surface area (Å²) < 4.78 is 3.63. The average Bonchev–Trinajstić information content (AvgIpc) is 2.92.